The van der Waals surface area contributed by atoms with Crippen molar-refractivity contribution in [1.82, 2.24) is 14.2 Å². The molecule has 0 spiro atoms. The molecular formula is C27H39ClN4O6S2. The highest BCUT2D eigenvalue weighted by Crippen LogP contribution is 2.35. The van der Waals surface area contributed by atoms with Gasteiger partial charge in [0.05, 0.1) is 29.4 Å². The maximum Gasteiger partial charge on any atom is 0.260 e. The molecule has 0 N–H and O–H groups in total. The molecule has 0 aliphatic rings. The Bertz CT molecular complexity index is 1310. The van der Waals surface area contributed by atoms with E-state index in [2.05, 4.69) is 4.90 Å². The Hall–Kier alpha value is -2.32. The Kier molecular flexibility index (Phi) is 13.7. The third-order valence-electron chi connectivity index (χ3n) is 5.96. The van der Waals surface area contributed by atoms with Gasteiger partial charge in [-0.25, -0.2) is 13.4 Å². The number of thiazole rings is 1. The first kappa shape index (κ1) is 33.9. The van der Waals surface area contributed by atoms with E-state index in [1.165, 1.54) is 42.0 Å². The molecule has 0 aliphatic carbocycles. The van der Waals surface area contributed by atoms with Crippen molar-refractivity contribution in [3.63, 3.8) is 0 Å². The molecule has 1 amide bonds. The van der Waals surface area contributed by atoms with Crippen molar-refractivity contribution in [2.45, 2.75) is 18.2 Å². The summed E-state index contributed by atoms with van der Waals surface area (Å²) in [6.45, 7) is 4.61. The van der Waals surface area contributed by atoms with E-state index >= 15 is 0 Å². The number of aromatic nitrogens is 1. The standard InChI is InChI=1S/C27H38N4O6S2.ClH/c1-6-37-23-9-7-10-24-25(23)28-27(38-24)31(16-8-15-29(2)3)26(32)21-11-13-22(14-12-21)39(33,34)30(17-19-35-4)18-20-36-5;/h7,9-14H,6,8,15-20H2,1-5H3;1H. The van der Waals surface area contributed by atoms with Gasteiger partial charge in [-0.3, -0.25) is 9.69 Å². The van der Waals surface area contributed by atoms with Gasteiger partial charge in [-0.05, 0) is 70.4 Å². The van der Waals surface area contributed by atoms with Crippen LogP contribution in [0.2, 0.25) is 0 Å². The number of hydrogen-bond acceptors (Lipinski definition) is 9. The fourth-order valence-corrected chi connectivity index (χ4v) is 6.36. The predicted octanol–water partition coefficient (Wildman–Crippen LogP) is 4.00. The minimum atomic E-state index is -3.79. The minimum Gasteiger partial charge on any atom is -0.492 e. The maximum atomic E-state index is 13.7. The third kappa shape index (κ3) is 8.59. The minimum absolute atomic E-state index is 0. The molecule has 2 aromatic carbocycles. The van der Waals surface area contributed by atoms with Crippen LogP contribution in [0.15, 0.2) is 47.4 Å². The number of nitrogens with zero attached hydrogens (tertiary/aromatic N) is 4. The van der Waals surface area contributed by atoms with E-state index in [1.54, 1.807) is 17.0 Å². The lowest BCUT2D eigenvalue weighted by molar-refractivity contribution is 0.0986. The van der Waals surface area contributed by atoms with Crippen LogP contribution < -0.4 is 9.64 Å². The summed E-state index contributed by atoms with van der Waals surface area (Å²) in [6.07, 6.45) is 0.743. The van der Waals surface area contributed by atoms with Gasteiger partial charge in [-0.2, -0.15) is 4.31 Å². The number of carbonyl (C=O) groups is 1. The van der Waals surface area contributed by atoms with Gasteiger partial charge in [0, 0.05) is 39.4 Å². The van der Waals surface area contributed by atoms with E-state index in [4.69, 9.17) is 19.2 Å². The van der Waals surface area contributed by atoms with Crippen LogP contribution in [0.25, 0.3) is 10.2 Å². The average molecular weight is 615 g/mol. The maximum absolute atomic E-state index is 13.7. The monoisotopic (exact) mass is 614 g/mol. The van der Waals surface area contributed by atoms with Crippen LogP contribution in [0.3, 0.4) is 0 Å². The third-order valence-corrected chi connectivity index (χ3v) is 8.92. The van der Waals surface area contributed by atoms with Gasteiger partial charge in [0.2, 0.25) is 10.0 Å². The number of halogens is 1. The normalized spacial score (nSPS) is 11.7. The number of para-hydroxylation sites is 1. The van der Waals surface area contributed by atoms with Crippen molar-refractivity contribution in [2.24, 2.45) is 0 Å². The van der Waals surface area contributed by atoms with Crippen LogP contribution in [0.4, 0.5) is 5.13 Å². The van der Waals surface area contributed by atoms with Gasteiger partial charge in [-0.15, -0.1) is 12.4 Å². The van der Waals surface area contributed by atoms with E-state index in [1.807, 2.05) is 39.2 Å². The Balaban J connectivity index is 0.00000560. The number of fused-ring (bicyclic) bond motifs is 1. The fourth-order valence-electron chi connectivity index (χ4n) is 3.94. The van der Waals surface area contributed by atoms with Crippen molar-refractivity contribution >= 4 is 55.0 Å². The second kappa shape index (κ2) is 16.2. The molecule has 1 aromatic heterocycles. The van der Waals surface area contributed by atoms with Crippen LogP contribution >= 0.6 is 23.7 Å². The first-order valence-electron chi connectivity index (χ1n) is 12.8. The molecule has 10 nitrogen and oxygen atoms in total. The molecule has 0 saturated heterocycles. The summed E-state index contributed by atoms with van der Waals surface area (Å²) < 4.78 is 44.7. The van der Waals surface area contributed by atoms with E-state index in [0.717, 1.165) is 23.2 Å². The highest BCUT2D eigenvalue weighted by molar-refractivity contribution is 7.89. The van der Waals surface area contributed by atoms with Gasteiger partial charge in [0.1, 0.15) is 11.3 Å². The molecular weight excluding hydrogens is 576 g/mol. The zero-order valence-corrected chi connectivity index (χ0v) is 26.1. The van der Waals surface area contributed by atoms with E-state index < -0.39 is 10.0 Å². The Morgan fingerprint density at radius 1 is 0.950 bits per heavy atom. The van der Waals surface area contributed by atoms with Crippen LogP contribution in [0.5, 0.6) is 5.75 Å². The summed E-state index contributed by atoms with van der Waals surface area (Å²) in [7, 11) is 3.22. The first-order chi connectivity index (χ1) is 18.7. The fraction of sp³-hybridized carbons (Fsp3) is 0.481. The number of amides is 1. The number of methoxy groups -OCH3 is 2. The quantitative estimate of drug-likeness (QED) is 0.239. The lowest BCUT2D eigenvalue weighted by Gasteiger charge is -2.22. The van der Waals surface area contributed by atoms with Crippen LogP contribution in [-0.2, 0) is 19.5 Å². The van der Waals surface area contributed by atoms with E-state index in [9.17, 15) is 13.2 Å². The molecule has 0 radical (unpaired) electrons. The second-order valence-electron chi connectivity index (χ2n) is 9.06. The van der Waals surface area contributed by atoms with Crippen LogP contribution in [0, 0.1) is 0 Å². The molecule has 3 rings (SSSR count). The largest absolute Gasteiger partial charge is 0.492 e. The molecule has 3 aromatic rings. The van der Waals surface area contributed by atoms with Gasteiger partial charge in [0.25, 0.3) is 5.91 Å². The predicted molar refractivity (Wildman–Crippen MR) is 162 cm³/mol. The Labute approximate surface area is 247 Å². The number of sulfonamides is 1. The van der Waals surface area contributed by atoms with Gasteiger partial charge in [0.15, 0.2) is 5.13 Å². The summed E-state index contributed by atoms with van der Waals surface area (Å²) in [5, 5.41) is 0.572. The van der Waals surface area contributed by atoms with Crippen molar-refractivity contribution in [3.8, 4) is 5.75 Å². The van der Waals surface area contributed by atoms with Crippen LogP contribution in [0.1, 0.15) is 23.7 Å². The summed E-state index contributed by atoms with van der Waals surface area (Å²) in [5.41, 5.74) is 1.10. The first-order valence-corrected chi connectivity index (χ1v) is 15.1. The van der Waals surface area contributed by atoms with Crippen molar-refractivity contribution in [1.29, 1.82) is 0 Å². The lowest BCUT2D eigenvalue weighted by atomic mass is 10.2. The zero-order valence-electron chi connectivity index (χ0n) is 23.7. The van der Waals surface area contributed by atoms with Crippen molar-refractivity contribution < 1.29 is 27.4 Å². The second-order valence-corrected chi connectivity index (χ2v) is 12.0. The Morgan fingerprint density at radius 2 is 1.60 bits per heavy atom. The topological polar surface area (TPSA) is 102 Å². The van der Waals surface area contributed by atoms with Gasteiger partial charge >= 0.3 is 0 Å². The molecule has 0 bridgehead atoms. The number of hydrogen-bond donors (Lipinski definition) is 0. The summed E-state index contributed by atoms with van der Waals surface area (Å²) in [6, 6.07) is 11.8. The molecule has 222 valence electrons. The zero-order chi connectivity index (χ0) is 28.4. The Morgan fingerprint density at radius 3 is 2.17 bits per heavy atom. The SMILES string of the molecule is CCOc1cccc2sc(N(CCCN(C)C)C(=O)c3ccc(S(=O)(=O)N(CCOC)CCOC)cc3)nc12.Cl. The number of anilines is 1. The molecule has 0 saturated carbocycles. The van der Waals surface area contributed by atoms with E-state index in [-0.39, 0.29) is 49.5 Å². The number of ether oxygens (including phenoxy) is 3. The lowest BCUT2D eigenvalue weighted by Crippen LogP contribution is -2.36. The molecule has 13 heteroatoms. The molecule has 40 heavy (non-hydrogen) atoms. The van der Waals surface area contributed by atoms with Gasteiger partial charge < -0.3 is 19.1 Å². The average Bonchev–Trinajstić information content (AvgIpc) is 3.36. The van der Waals surface area contributed by atoms with Crippen LogP contribution in [-0.4, -0.2) is 103 Å². The molecule has 0 fully saturated rings. The van der Waals surface area contributed by atoms with E-state index in [0.29, 0.717) is 29.6 Å². The molecule has 0 unspecified atom stereocenters. The highest BCUT2D eigenvalue weighted by Gasteiger charge is 2.26. The number of benzene rings is 2. The van der Waals surface area contributed by atoms with Crippen molar-refractivity contribution in [3.05, 3.63) is 48.0 Å². The summed E-state index contributed by atoms with van der Waals surface area (Å²) >= 11 is 1.43. The smallest absolute Gasteiger partial charge is 0.260 e. The summed E-state index contributed by atoms with van der Waals surface area (Å²) in [4.78, 5) is 22.3. The molecule has 1 heterocycles. The number of rotatable bonds is 16. The highest BCUT2D eigenvalue weighted by atomic mass is 35.5. The summed E-state index contributed by atoms with van der Waals surface area (Å²) in [5.74, 6) is 0.435. The molecule has 0 atom stereocenters. The molecule has 0 aliphatic heterocycles. The number of carbonyl (C=O) groups excluding carboxylic acids is 1. The van der Waals surface area contributed by atoms with Gasteiger partial charge in [-0.1, -0.05) is 17.4 Å². The van der Waals surface area contributed by atoms with Crippen molar-refractivity contribution in [2.75, 3.05) is 79.2 Å².